The Hall–Kier alpha value is -3.67. The molecule has 0 saturated carbocycles. The molecule has 1 fully saturated rings. The summed E-state index contributed by atoms with van der Waals surface area (Å²) < 4.78 is 0. The normalized spacial score (nSPS) is 14.4. The van der Waals surface area contributed by atoms with Gasteiger partial charge in [0.2, 0.25) is 0 Å². The highest BCUT2D eigenvalue weighted by Crippen LogP contribution is 2.32. The molecule has 0 N–H and O–H groups in total. The van der Waals surface area contributed by atoms with Crippen molar-refractivity contribution < 1.29 is 4.79 Å². The fourth-order valence-corrected chi connectivity index (χ4v) is 4.24. The Morgan fingerprint density at radius 1 is 0.759 bits per heavy atom. The van der Waals surface area contributed by atoms with Crippen molar-refractivity contribution in [2.45, 2.75) is 12.8 Å². The number of likely N-dealkylation sites (tertiary alicyclic amines) is 1. The summed E-state index contributed by atoms with van der Waals surface area (Å²) in [6.45, 7) is 1.66. The number of carbonyl (C=O) groups excluding carboxylic acids is 1. The lowest BCUT2D eigenvalue weighted by molar-refractivity contribution is 0.0793. The lowest BCUT2D eigenvalue weighted by Crippen LogP contribution is -2.27. The number of nitrogens with zero attached hydrogens (tertiary/aromatic N) is 5. The van der Waals surface area contributed by atoms with E-state index >= 15 is 0 Å². The van der Waals surface area contributed by atoms with Crippen molar-refractivity contribution in [3.8, 4) is 0 Å². The summed E-state index contributed by atoms with van der Waals surface area (Å²) in [6, 6.07) is 13.4. The molecule has 1 aliphatic heterocycles. The molecule has 5 aromatic rings. The van der Waals surface area contributed by atoms with E-state index < -0.39 is 0 Å². The van der Waals surface area contributed by atoms with Gasteiger partial charge in [-0.05, 0) is 55.3 Å². The fraction of sp³-hybridized carbons (Fsp3) is 0.174. The second-order valence-corrected chi connectivity index (χ2v) is 7.42. The average Bonchev–Trinajstić information content (AvgIpc) is 3.32. The predicted molar refractivity (Wildman–Crippen MR) is 113 cm³/mol. The van der Waals surface area contributed by atoms with Gasteiger partial charge >= 0.3 is 0 Å². The van der Waals surface area contributed by atoms with Gasteiger partial charge in [-0.1, -0.05) is 0 Å². The number of hydrogen-bond acceptors (Lipinski definition) is 5. The van der Waals surface area contributed by atoms with E-state index in [-0.39, 0.29) is 5.91 Å². The standard InChI is InChI=1S/C23H17N5O/c29-23(28-11-1-2-12-28)14-7-8-17-18(13-14)27-22-16-6-4-10-25-20(16)19-15(21(22)26-17)5-3-9-24-19/h3-10,13H,1-2,11-12H2. The molecule has 1 amide bonds. The van der Waals surface area contributed by atoms with Gasteiger partial charge in [-0.3, -0.25) is 14.8 Å². The molecule has 1 aliphatic rings. The Balaban J connectivity index is 1.65. The summed E-state index contributed by atoms with van der Waals surface area (Å²) in [5, 5.41) is 1.85. The molecule has 0 spiro atoms. The second-order valence-electron chi connectivity index (χ2n) is 7.42. The first-order valence-electron chi connectivity index (χ1n) is 9.82. The third-order valence-corrected chi connectivity index (χ3v) is 5.65. The number of hydrogen-bond donors (Lipinski definition) is 0. The number of fused-ring (bicyclic) bond motifs is 7. The van der Waals surface area contributed by atoms with Gasteiger partial charge in [0.25, 0.3) is 5.91 Å². The monoisotopic (exact) mass is 379 g/mol. The molecule has 1 saturated heterocycles. The number of carbonyl (C=O) groups is 1. The zero-order chi connectivity index (χ0) is 19.4. The molecule has 29 heavy (non-hydrogen) atoms. The summed E-state index contributed by atoms with van der Waals surface area (Å²) in [5.74, 6) is 0.0699. The van der Waals surface area contributed by atoms with Crippen LogP contribution in [0.4, 0.5) is 0 Å². The third kappa shape index (κ3) is 2.45. The zero-order valence-electron chi connectivity index (χ0n) is 15.7. The van der Waals surface area contributed by atoms with Crippen molar-refractivity contribution in [2.24, 2.45) is 0 Å². The Bertz CT molecular complexity index is 1440. The minimum atomic E-state index is 0.0699. The highest BCUT2D eigenvalue weighted by Gasteiger charge is 2.20. The summed E-state index contributed by atoms with van der Waals surface area (Å²) in [7, 11) is 0. The van der Waals surface area contributed by atoms with Crippen LogP contribution in [-0.4, -0.2) is 43.8 Å². The molecule has 0 radical (unpaired) electrons. The van der Waals surface area contributed by atoms with Crippen molar-refractivity contribution in [3.05, 3.63) is 60.4 Å². The quantitative estimate of drug-likeness (QED) is 0.324. The molecule has 2 aromatic carbocycles. The number of amides is 1. The van der Waals surface area contributed by atoms with Crippen molar-refractivity contribution >= 4 is 49.8 Å². The van der Waals surface area contributed by atoms with E-state index in [9.17, 15) is 4.79 Å². The topological polar surface area (TPSA) is 71.9 Å². The summed E-state index contributed by atoms with van der Waals surface area (Å²) in [6.07, 6.45) is 5.68. The molecule has 140 valence electrons. The van der Waals surface area contributed by atoms with E-state index in [4.69, 9.17) is 9.97 Å². The van der Waals surface area contributed by atoms with Gasteiger partial charge in [0.05, 0.1) is 33.1 Å². The van der Waals surface area contributed by atoms with E-state index in [2.05, 4.69) is 9.97 Å². The molecule has 6 rings (SSSR count). The first-order valence-corrected chi connectivity index (χ1v) is 9.82. The number of rotatable bonds is 1. The molecule has 4 heterocycles. The van der Waals surface area contributed by atoms with Gasteiger partial charge in [-0.25, -0.2) is 9.97 Å². The zero-order valence-corrected chi connectivity index (χ0v) is 15.7. The van der Waals surface area contributed by atoms with Gasteiger partial charge in [0.1, 0.15) is 0 Å². The number of aromatic nitrogens is 4. The van der Waals surface area contributed by atoms with Crippen LogP contribution < -0.4 is 0 Å². The molecule has 6 heteroatoms. The van der Waals surface area contributed by atoms with E-state index in [1.165, 1.54) is 0 Å². The minimum absolute atomic E-state index is 0.0699. The van der Waals surface area contributed by atoms with Crippen molar-refractivity contribution in [1.29, 1.82) is 0 Å². The van der Waals surface area contributed by atoms with E-state index in [1.54, 1.807) is 12.4 Å². The van der Waals surface area contributed by atoms with Gasteiger partial charge < -0.3 is 4.90 Å². The maximum Gasteiger partial charge on any atom is 0.253 e. The Kier molecular flexibility index (Phi) is 3.47. The van der Waals surface area contributed by atoms with Crippen LogP contribution in [0.5, 0.6) is 0 Å². The fourth-order valence-electron chi connectivity index (χ4n) is 4.24. The second kappa shape index (κ2) is 6.17. The predicted octanol–water partition coefficient (Wildman–Crippen LogP) is 4.12. The number of benzene rings is 2. The molecule has 0 unspecified atom stereocenters. The maximum atomic E-state index is 12.8. The summed E-state index contributed by atoms with van der Waals surface area (Å²) in [5.41, 5.74) is 5.38. The highest BCUT2D eigenvalue weighted by molar-refractivity contribution is 6.21. The minimum Gasteiger partial charge on any atom is -0.339 e. The van der Waals surface area contributed by atoms with Crippen LogP contribution in [0.2, 0.25) is 0 Å². The summed E-state index contributed by atoms with van der Waals surface area (Å²) >= 11 is 0. The van der Waals surface area contributed by atoms with Crippen LogP contribution in [0.1, 0.15) is 23.2 Å². The van der Waals surface area contributed by atoms with Gasteiger partial charge in [0.15, 0.2) is 0 Å². The van der Waals surface area contributed by atoms with Crippen LogP contribution in [0, 0.1) is 0 Å². The lowest BCUT2D eigenvalue weighted by atomic mass is 10.1. The molecule has 3 aromatic heterocycles. The van der Waals surface area contributed by atoms with Crippen LogP contribution in [0.25, 0.3) is 43.9 Å². The van der Waals surface area contributed by atoms with Crippen LogP contribution in [0.15, 0.2) is 54.9 Å². The SMILES string of the molecule is O=C(c1ccc2nc3c4cccnc4c4ncccc4c3nc2c1)N1CCCC1. The number of pyridine rings is 2. The molecular weight excluding hydrogens is 362 g/mol. The summed E-state index contributed by atoms with van der Waals surface area (Å²) in [4.78, 5) is 33.6. The third-order valence-electron chi connectivity index (χ3n) is 5.65. The van der Waals surface area contributed by atoms with Crippen molar-refractivity contribution in [1.82, 2.24) is 24.8 Å². The van der Waals surface area contributed by atoms with Crippen molar-refractivity contribution in [2.75, 3.05) is 13.1 Å². The smallest absolute Gasteiger partial charge is 0.253 e. The Morgan fingerprint density at radius 2 is 1.38 bits per heavy atom. The first kappa shape index (κ1) is 16.3. The highest BCUT2D eigenvalue weighted by atomic mass is 16.2. The van der Waals surface area contributed by atoms with E-state index in [0.717, 1.165) is 69.8 Å². The molecule has 0 bridgehead atoms. The van der Waals surface area contributed by atoms with E-state index in [0.29, 0.717) is 5.56 Å². The first-order chi connectivity index (χ1) is 14.3. The van der Waals surface area contributed by atoms with Crippen molar-refractivity contribution in [3.63, 3.8) is 0 Å². The Morgan fingerprint density at radius 3 is 2.03 bits per heavy atom. The molecule has 0 aliphatic carbocycles. The van der Waals surface area contributed by atoms with Gasteiger partial charge in [-0.15, -0.1) is 0 Å². The van der Waals surface area contributed by atoms with Crippen LogP contribution in [0.3, 0.4) is 0 Å². The van der Waals surface area contributed by atoms with Gasteiger partial charge in [0, 0.05) is 41.8 Å². The molecule has 6 nitrogen and oxygen atoms in total. The van der Waals surface area contributed by atoms with Crippen LogP contribution >= 0.6 is 0 Å². The molecule has 0 atom stereocenters. The molecular formula is C23H17N5O. The Labute approximate surface area is 166 Å². The largest absolute Gasteiger partial charge is 0.339 e. The van der Waals surface area contributed by atoms with Crippen LogP contribution in [-0.2, 0) is 0 Å². The maximum absolute atomic E-state index is 12.8. The average molecular weight is 379 g/mol. The van der Waals surface area contributed by atoms with Gasteiger partial charge in [-0.2, -0.15) is 0 Å². The lowest BCUT2D eigenvalue weighted by Gasteiger charge is -2.15. The van der Waals surface area contributed by atoms with E-state index in [1.807, 2.05) is 47.4 Å².